The third-order valence-electron chi connectivity index (χ3n) is 10.7. The number of rotatable bonds is 6. The molecule has 4 aromatic heterocycles. The molecule has 0 unspecified atom stereocenters. The molecular formula is C51H32N4O2. The Labute approximate surface area is 327 Å². The first-order valence-electron chi connectivity index (χ1n) is 18.9. The van der Waals surface area contributed by atoms with Crippen molar-refractivity contribution < 1.29 is 8.83 Å². The van der Waals surface area contributed by atoms with Crippen LogP contribution in [-0.4, -0.2) is 19.9 Å². The minimum Gasteiger partial charge on any atom is -0.456 e. The minimum atomic E-state index is 0.584. The van der Waals surface area contributed by atoms with Crippen LogP contribution in [0.1, 0.15) is 5.56 Å². The number of furan rings is 2. The number of hydrogen-bond donors (Lipinski definition) is 0. The van der Waals surface area contributed by atoms with Crippen molar-refractivity contribution in [2.24, 2.45) is 0 Å². The number of pyridine rings is 1. The molecule has 0 spiro atoms. The first-order valence-corrected chi connectivity index (χ1v) is 18.9. The third-order valence-corrected chi connectivity index (χ3v) is 10.7. The van der Waals surface area contributed by atoms with Gasteiger partial charge in [-0.3, -0.25) is 4.98 Å². The minimum absolute atomic E-state index is 0.584. The molecule has 0 aliphatic rings. The highest BCUT2D eigenvalue weighted by atomic mass is 16.3. The maximum absolute atomic E-state index is 6.21. The Morgan fingerprint density at radius 3 is 1.46 bits per heavy atom. The van der Waals surface area contributed by atoms with E-state index in [0.717, 1.165) is 99.5 Å². The summed E-state index contributed by atoms with van der Waals surface area (Å²) in [6.07, 6.45) is 3.68. The van der Waals surface area contributed by atoms with Gasteiger partial charge in [0.2, 0.25) is 0 Å². The summed E-state index contributed by atoms with van der Waals surface area (Å²) in [7, 11) is 0. The molecule has 0 amide bonds. The van der Waals surface area contributed by atoms with Gasteiger partial charge in [0.1, 0.15) is 22.3 Å². The van der Waals surface area contributed by atoms with Crippen molar-refractivity contribution >= 4 is 43.9 Å². The molecule has 0 atom stereocenters. The van der Waals surface area contributed by atoms with Crippen molar-refractivity contribution in [2.45, 2.75) is 6.92 Å². The van der Waals surface area contributed by atoms with Crippen LogP contribution in [0, 0.1) is 6.92 Å². The lowest BCUT2D eigenvalue weighted by Crippen LogP contribution is -2.01. The van der Waals surface area contributed by atoms with Crippen LogP contribution in [0.3, 0.4) is 0 Å². The van der Waals surface area contributed by atoms with Crippen LogP contribution in [0.4, 0.5) is 0 Å². The number of aromatic nitrogens is 4. The average molecular weight is 733 g/mol. The molecule has 268 valence electrons. The molecular weight excluding hydrogens is 701 g/mol. The smallest absolute Gasteiger partial charge is 0.164 e. The van der Waals surface area contributed by atoms with Crippen molar-refractivity contribution in [1.82, 2.24) is 19.9 Å². The molecule has 7 aromatic carbocycles. The summed E-state index contributed by atoms with van der Waals surface area (Å²) in [4.78, 5) is 19.8. The number of fused-ring (bicyclic) bond motifs is 6. The number of nitrogens with zero attached hydrogens (tertiary/aromatic N) is 4. The molecule has 0 bridgehead atoms. The van der Waals surface area contributed by atoms with E-state index in [-0.39, 0.29) is 0 Å². The van der Waals surface area contributed by atoms with Crippen LogP contribution in [0.2, 0.25) is 0 Å². The molecule has 6 heteroatoms. The van der Waals surface area contributed by atoms with Gasteiger partial charge in [0.25, 0.3) is 0 Å². The number of para-hydroxylation sites is 2. The van der Waals surface area contributed by atoms with Gasteiger partial charge in [-0.25, -0.2) is 15.0 Å². The first-order chi connectivity index (χ1) is 28.1. The zero-order valence-corrected chi connectivity index (χ0v) is 30.8. The first kappa shape index (κ1) is 32.7. The lowest BCUT2D eigenvalue weighted by Gasteiger charge is -2.13. The largest absolute Gasteiger partial charge is 0.456 e. The molecule has 0 aliphatic carbocycles. The highest BCUT2D eigenvalue weighted by Crippen LogP contribution is 2.39. The summed E-state index contributed by atoms with van der Waals surface area (Å²) in [6.45, 7) is 2.11. The molecule has 11 aromatic rings. The van der Waals surface area contributed by atoms with E-state index in [9.17, 15) is 0 Å². The zero-order chi connectivity index (χ0) is 37.9. The predicted molar refractivity (Wildman–Crippen MR) is 230 cm³/mol. The standard InChI is InChI=1S/C51H32N4O2/c1-31-24-35(17-20-40(31)36-12-9-23-52-30-36)50-53-49(32-10-3-2-4-11-32)54-51(55-50)39-26-37(33-18-21-47-43(28-33)41-13-5-7-15-45(41)56-47)25-38(27-39)34-19-22-48-44(29-34)42-14-6-8-16-46(42)57-48/h2-30H,1H3. The summed E-state index contributed by atoms with van der Waals surface area (Å²) in [5, 5.41) is 4.31. The van der Waals surface area contributed by atoms with Gasteiger partial charge in [-0.05, 0) is 107 Å². The summed E-state index contributed by atoms with van der Waals surface area (Å²) >= 11 is 0. The van der Waals surface area contributed by atoms with Crippen LogP contribution >= 0.6 is 0 Å². The van der Waals surface area contributed by atoms with Crippen molar-refractivity contribution in [1.29, 1.82) is 0 Å². The Kier molecular flexibility index (Phi) is 7.60. The molecule has 57 heavy (non-hydrogen) atoms. The van der Waals surface area contributed by atoms with E-state index < -0.39 is 0 Å². The van der Waals surface area contributed by atoms with Crippen LogP contribution in [-0.2, 0) is 0 Å². The van der Waals surface area contributed by atoms with E-state index in [1.807, 2.05) is 66.9 Å². The van der Waals surface area contributed by atoms with E-state index in [2.05, 4.69) is 115 Å². The second-order valence-electron chi connectivity index (χ2n) is 14.4. The van der Waals surface area contributed by atoms with Gasteiger partial charge in [0.15, 0.2) is 17.5 Å². The van der Waals surface area contributed by atoms with Gasteiger partial charge in [0.05, 0.1) is 0 Å². The van der Waals surface area contributed by atoms with Crippen molar-refractivity contribution in [2.75, 3.05) is 0 Å². The molecule has 0 aliphatic heterocycles. The molecule has 0 N–H and O–H groups in total. The van der Waals surface area contributed by atoms with Crippen molar-refractivity contribution in [3.63, 3.8) is 0 Å². The summed E-state index contributed by atoms with van der Waals surface area (Å²) in [5.41, 5.74) is 13.6. The van der Waals surface area contributed by atoms with Crippen LogP contribution in [0.5, 0.6) is 0 Å². The second-order valence-corrected chi connectivity index (χ2v) is 14.4. The molecule has 0 saturated heterocycles. The number of aryl methyl sites for hydroxylation is 1. The Morgan fingerprint density at radius 1 is 0.351 bits per heavy atom. The summed E-state index contributed by atoms with van der Waals surface area (Å²) in [6, 6.07) is 56.3. The third kappa shape index (κ3) is 5.83. The van der Waals surface area contributed by atoms with Crippen molar-refractivity contribution in [3.8, 4) is 67.5 Å². The second kappa shape index (κ2) is 13.3. The monoisotopic (exact) mass is 732 g/mol. The SMILES string of the molecule is Cc1cc(-c2nc(-c3ccccc3)nc(-c3cc(-c4ccc5oc6ccccc6c5c4)cc(-c4ccc5oc6ccccc6c5c4)c3)n2)ccc1-c1cccnc1. The highest BCUT2D eigenvalue weighted by Gasteiger charge is 2.18. The molecule has 6 nitrogen and oxygen atoms in total. The fourth-order valence-corrected chi connectivity index (χ4v) is 7.90. The molecule has 0 saturated carbocycles. The molecule has 4 heterocycles. The lowest BCUT2D eigenvalue weighted by molar-refractivity contribution is 0.668. The van der Waals surface area contributed by atoms with Crippen LogP contribution < -0.4 is 0 Å². The normalized spacial score (nSPS) is 11.6. The van der Waals surface area contributed by atoms with E-state index in [0.29, 0.717) is 17.5 Å². The lowest BCUT2D eigenvalue weighted by atomic mass is 9.94. The fourth-order valence-electron chi connectivity index (χ4n) is 7.90. The maximum Gasteiger partial charge on any atom is 0.164 e. The van der Waals surface area contributed by atoms with E-state index in [1.165, 1.54) is 0 Å². The molecule has 11 rings (SSSR count). The topological polar surface area (TPSA) is 77.8 Å². The fraction of sp³-hybridized carbons (Fsp3) is 0.0196. The number of hydrogen-bond acceptors (Lipinski definition) is 6. The van der Waals surface area contributed by atoms with Gasteiger partial charge < -0.3 is 8.83 Å². The Bertz CT molecular complexity index is 3180. The highest BCUT2D eigenvalue weighted by molar-refractivity contribution is 6.07. The van der Waals surface area contributed by atoms with Gasteiger partial charge >= 0.3 is 0 Å². The van der Waals surface area contributed by atoms with E-state index in [4.69, 9.17) is 23.8 Å². The van der Waals surface area contributed by atoms with Gasteiger partial charge in [-0.15, -0.1) is 0 Å². The van der Waals surface area contributed by atoms with Crippen LogP contribution in [0.25, 0.3) is 111 Å². The van der Waals surface area contributed by atoms with E-state index in [1.54, 1.807) is 6.20 Å². The van der Waals surface area contributed by atoms with Gasteiger partial charge in [-0.1, -0.05) is 97.1 Å². The average Bonchev–Trinajstić information content (AvgIpc) is 3.84. The predicted octanol–water partition coefficient (Wildman–Crippen LogP) is 13.4. The molecule has 0 fully saturated rings. The van der Waals surface area contributed by atoms with Gasteiger partial charge in [0, 0.05) is 56.2 Å². The van der Waals surface area contributed by atoms with Crippen molar-refractivity contribution in [3.05, 3.63) is 182 Å². The Morgan fingerprint density at radius 2 is 0.860 bits per heavy atom. The van der Waals surface area contributed by atoms with Gasteiger partial charge in [-0.2, -0.15) is 0 Å². The Hall–Kier alpha value is -7.70. The van der Waals surface area contributed by atoms with Crippen LogP contribution in [0.15, 0.2) is 185 Å². The molecule has 0 radical (unpaired) electrons. The van der Waals surface area contributed by atoms with E-state index >= 15 is 0 Å². The number of benzene rings is 7. The maximum atomic E-state index is 6.21. The summed E-state index contributed by atoms with van der Waals surface area (Å²) < 4.78 is 12.4. The summed E-state index contributed by atoms with van der Waals surface area (Å²) in [5.74, 6) is 1.79. The zero-order valence-electron chi connectivity index (χ0n) is 30.8. The quantitative estimate of drug-likeness (QED) is 0.169. The Balaban J connectivity index is 1.12.